The number of methoxy groups -OCH3 is 1. The van der Waals surface area contributed by atoms with E-state index in [-0.39, 0.29) is 18.0 Å². The van der Waals surface area contributed by atoms with E-state index in [2.05, 4.69) is 20.7 Å². The molecule has 2 aromatic rings. The largest absolute Gasteiger partial charge is 0.496 e. The topological polar surface area (TPSA) is 109 Å². The zero-order chi connectivity index (χ0) is 19.3. The fourth-order valence-corrected chi connectivity index (χ4v) is 3.99. The Morgan fingerprint density at radius 1 is 1.04 bits per heavy atom. The molecule has 2 aromatic carbocycles. The fraction of sp³-hybridized carbons (Fsp3) is 0.278. The molecule has 4 rings (SSSR count). The first kappa shape index (κ1) is 17.5. The van der Waals surface area contributed by atoms with E-state index in [1.54, 1.807) is 18.2 Å². The minimum absolute atomic E-state index is 0.000794. The van der Waals surface area contributed by atoms with Crippen molar-refractivity contribution in [3.63, 3.8) is 0 Å². The van der Waals surface area contributed by atoms with E-state index < -0.39 is 10.0 Å². The maximum absolute atomic E-state index is 11.8. The molecule has 1 amide bonds. The molecule has 142 valence electrons. The van der Waals surface area contributed by atoms with Crippen LogP contribution in [0, 0.1) is 0 Å². The van der Waals surface area contributed by atoms with Gasteiger partial charge in [-0.25, -0.2) is 8.42 Å². The van der Waals surface area contributed by atoms with Crippen molar-refractivity contribution in [1.29, 1.82) is 0 Å². The van der Waals surface area contributed by atoms with E-state index in [1.165, 1.54) is 7.11 Å². The molecule has 0 fully saturated rings. The molecule has 0 bridgehead atoms. The molecular weight excluding hydrogens is 368 g/mol. The summed E-state index contributed by atoms with van der Waals surface area (Å²) >= 11 is 0. The monoisotopic (exact) mass is 388 g/mol. The van der Waals surface area contributed by atoms with Crippen LogP contribution in [0.1, 0.15) is 30.1 Å². The summed E-state index contributed by atoms with van der Waals surface area (Å²) in [6.45, 7) is 1.88. The molecular formula is C18H20N4O4S. The number of hydrogen-bond donors (Lipinski definition) is 4. The summed E-state index contributed by atoms with van der Waals surface area (Å²) in [7, 11) is -1.83. The molecule has 2 unspecified atom stereocenters. The van der Waals surface area contributed by atoms with E-state index in [0.29, 0.717) is 11.4 Å². The molecule has 27 heavy (non-hydrogen) atoms. The third-order valence-electron chi connectivity index (χ3n) is 4.75. The predicted molar refractivity (Wildman–Crippen MR) is 105 cm³/mol. The smallest absolute Gasteiger partial charge is 0.231 e. The first-order valence-corrected chi connectivity index (χ1v) is 10.3. The van der Waals surface area contributed by atoms with Crippen molar-refractivity contribution < 1.29 is 17.9 Å². The van der Waals surface area contributed by atoms with Crippen molar-refractivity contribution in [2.75, 3.05) is 34.0 Å². The maximum atomic E-state index is 11.8. The van der Waals surface area contributed by atoms with Gasteiger partial charge in [0.1, 0.15) is 11.9 Å². The molecule has 0 aromatic heterocycles. The number of carbonyl (C=O) groups is 1. The molecule has 2 atom stereocenters. The highest BCUT2D eigenvalue weighted by Crippen LogP contribution is 2.44. The van der Waals surface area contributed by atoms with Gasteiger partial charge in [0.15, 0.2) is 0 Å². The number of ether oxygens (including phenoxy) is 1. The summed E-state index contributed by atoms with van der Waals surface area (Å²) in [5.41, 5.74) is 4.85. The van der Waals surface area contributed by atoms with Crippen molar-refractivity contribution in [3.05, 3.63) is 41.5 Å². The number of fused-ring (bicyclic) bond motifs is 2. The Kier molecular flexibility index (Phi) is 3.92. The molecule has 4 N–H and O–H groups in total. The molecule has 9 heteroatoms. The van der Waals surface area contributed by atoms with Crippen LogP contribution in [0.25, 0.3) is 0 Å². The summed E-state index contributed by atoms with van der Waals surface area (Å²) in [6.07, 6.45) is 0.860. The molecule has 0 saturated heterocycles. The Hall–Kier alpha value is -2.94. The molecule has 0 aliphatic carbocycles. The quantitative estimate of drug-likeness (QED) is 0.641. The van der Waals surface area contributed by atoms with E-state index in [0.717, 1.165) is 34.4 Å². The molecule has 0 radical (unpaired) electrons. The molecule has 2 aliphatic heterocycles. The molecule has 2 aliphatic rings. The highest BCUT2D eigenvalue weighted by Gasteiger charge is 2.31. The van der Waals surface area contributed by atoms with Crippen LogP contribution in [0.4, 0.5) is 22.7 Å². The minimum atomic E-state index is -3.36. The standard InChI is InChI=1S/C18H20N4O4S/c1-9-12-7-14-15(8-13(12)21-18(9)23)20-17(19-14)11-5-4-10(6-16(11)26-2)22-27(3,24)25/h4-9,17,19-20,22H,1-3H3,(H,21,23). The average Bonchev–Trinajstić information content (AvgIpc) is 3.12. The first-order chi connectivity index (χ1) is 12.7. The van der Waals surface area contributed by atoms with Crippen LogP contribution >= 0.6 is 0 Å². The Morgan fingerprint density at radius 3 is 2.41 bits per heavy atom. The van der Waals surface area contributed by atoms with Crippen molar-refractivity contribution in [2.24, 2.45) is 0 Å². The van der Waals surface area contributed by atoms with E-state index >= 15 is 0 Å². The van der Waals surface area contributed by atoms with Gasteiger partial charge in [0.25, 0.3) is 0 Å². The van der Waals surface area contributed by atoms with Gasteiger partial charge in [0.2, 0.25) is 15.9 Å². The zero-order valence-corrected chi connectivity index (χ0v) is 15.9. The van der Waals surface area contributed by atoms with Crippen LogP contribution < -0.4 is 25.4 Å². The lowest BCUT2D eigenvalue weighted by Gasteiger charge is -2.17. The number of sulfonamides is 1. The number of carbonyl (C=O) groups excluding carboxylic acids is 1. The summed E-state index contributed by atoms with van der Waals surface area (Å²) in [5, 5.41) is 9.65. The lowest BCUT2D eigenvalue weighted by molar-refractivity contribution is -0.116. The summed E-state index contributed by atoms with van der Waals surface area (Å²) in [4.78, 5) is 11.8. The summed E-state index contributed by atoms with van der Waals surface area (Å²) < 4.78 is 30.8. The lowest BCUT2D eigenvalue weighted by atomic mass is 10.0. The molecule has 8 nitrogen and oxygen atoms in total. The highest BCUT2D eigenvalue weighted by atomic mass is 32.2. The highest BCUT2D eigenvalue weighted by molar-refractivity contribution is 7.92. The first-order valence-electron chi connectivity index (χ1n) is 8.43. The second-order valence-corrected chi connectivity index (χ2v) is 8.50. The van der Waals surface area contributed by atoms with Crippen molar-refractivity contribution in [3.8, 4) is 5.75 Å². The van der Waals surface area contributed by atoms with Crippen molar-refractivity contribution in [2.45, 2.75) is 19.0 Å². The van der Waals surface area contributed by atoms with Gasteiger partial charge in [-0.15, -0.1) is 0 Å². The summed E-state index contributed by atoms with van der Waals surface area (Å²) in [6, 6.07) is 9.04. The number of rotatable bonds is 4. The van der Waals surface area contributed by atoms with Crippen LogP contribution in [0.3, 0.4) is 0 Å². The summed E-state index contributed by atoms with van der Waals surface area (Å²) in [5.74, 6) is 0.374. The average molecular weight is 388 g/mol. The minimum Gasteiger partial charge on any atom is -0.496 e. The van der Waals surface area contributed by atoms with Crippen LogP contribution in [0.5, 0.6) is 5.75 Å². The Labute approximate surface area is 157 Å². The van der Waals surface area contributed by atoms with Gasteiger partial charge in [0.05, 0.1) is 36.3 Å². The van der Waals surface area contributed by atoms with Crippen LogP contribution in [0.15, 0.2) is 30.3 Å². The third kappa shape index (κ3) is 3.14. The van der Waals surface area contributed by atoms with E-state index in [9.17, 15) is 13.2 Å². The van der Waals surface area contributed by atoms with Gasteiger partial charge in [0, 0.05) is 17.3 Å². The van der Waals surface area contributed by atoms with Crippen molar-refractivity contribution >= 4 is 38.7 Å². The second-order valence-electron chi connectivity index (χ2n) is 6.75. The predicted octanol–water partition coefficient (Wildman–Crippen LogP) is 2.66. The number of benzene rings is 2. The van der Waals surface area contributed by atoms with Gasteiger partial charge in [-0.05, 0) is 36.8 Å². The van der Waals surface area contributed by atoms with E-state index in [1.807, 2.05) is 19.1 Å². The van der Waals surface area contributed by atoms with Gasteiger partial charge in [-0.1, -0.05) is 0 Å². The number of nitrogens with one attached hydrogen (secondary N) is 4. The van der Waals surface area contributed by atoms with Gasteiger partial charge in [-0.3, -0.25) is 9.52 Å². The zero-order valence-electron chi connectivity index (χ0n) is 15.1. The molecule has 0 saturated carbocycles. The Balaban J connectivity index is 1.63. The Bertz CT molecular complexity index is 1050. The normalized spacial score (nSPS) is 20.2. The van der Waals surface area contributed by atoms with E-state index in [4.69, 9.17) is 4.74 Å². The van der Waals surface area contributed by atoms with Crippen LogP contribution in [0.2, 0.25) is 0 Å². The van der Waals surface area contributed by atoms with Crippen LogP contribution in [-0.2, 0) is 14.8 Å². The van der Waals surface area contributed by atoms with Crippen LogP contribution in [-0.4, -0.2) is 27.7 Å². The fourth-order valence-electron chi connectivity index (χ4n) is 3.43. The molecule has 0 spiro atoms. The maximum Gasteiger partial charge on any atom is 0.231 e. The molecule has 2 heterocycles. The van der Waals surface area contributed by atoms with Gasteiger partial charge < -0.3 is 20.7 Å². The van der Waals surface area contributed by atoms with Gasteiger partial charge >= 0.3 is 0 Å². The van der Waals surface area contributed by atoms with Crippen molar-refractivity contribution in [1.82, 2.24) is 0 Å². The number of anilines is 4. The lowest BCUT2D eigenvalue weighted by Crippen LogP contribution is -2.14. The Morgan fingerprint density at radius 2 is 1.74 bits per heavy atom. The third-order valence-corrected chi connectivity index (χ3v) is 5.36. The number of amides is 1. The van der Waals surface area contributed by atoms with Gasteiger partial charge in [-0.2, -0.15) is 0 Å². The second kappa shape index (κ2) is 6.05. The SMILES string of the molecule is COc1cc(NS(C)(=O)=O)ccc1C1Nc2cc3c(cc2N1)C(C)C(=O)N3. The number of hydrogen-bond acceptors (Lipinski definition) is 6.